The van der Waals surface area contributed by atoms with Crippen molar-refractivity contribution in [1.82, 2.24) is 4.57 Å². The molecule has 0 unspecified atom stereocenters. The van der Waals surface area contributed by atoms with E-state index in [0.717, 1.165) is 39.8 Å². The number of hydrogen-bond acceptors (Lipinski definition) is 5. The highest BCUT2D eigenvalue weighted by atomic mass is 32.1. The van der Waals surface area contributed by atoms with E-state index in [1.54, 1.807) is 23.6 Å². The Bertz CT molecular complexity index is 1370. The summed E-state index contributed by atoms with van der Waals surface area (Å²) in [5.74, 6) is -0.697. The van der Waals surface area contributed by atoms with Crippen LogP contribution in [0, 0.1) is 0 Å². The maximum Gasteiger partial charge on any atom is 0.326 e. The molecule has 7 heteroatoms. The molecule has 0 radical (unpaired) electrons. The molecule has 0 saturated heterocycles. The molecule has 0 bridgehead atoms. The Morgan fingerprint density at radius 2 is 1.70 bits per heavy atom. The lowest BCUT2D eigenvalue weighted by atomic mass is 10.1. The second-order valence-corrected chi connectivity index (χ2v) is 8.52. The van der Waals surface area contributed by atoms with Crippen molar-refractivity contribution in [1.29, 1.82) is 0 Å². The smallest absolute Gasteiger partial charge is 0.326 e. The summed E-state index contributed by atoms with van der Waals surface area (Å²) in [5, 5.41) is 2.16. The van der Waals surface area contributed by atoms with Crippen LogP contribution in [0.2, 0.25) is 0 Å². The zero-order valence-corrected chi connectivity index (χ0v) is 19.9. The molecule has 0 aliphatic heterocycles. The van der Waals surface area contributed by atoms with Gasteiger partial charge in [0.15, 0.2) is 4.80 Å². The van der Waals surface area contributed by atoms with E-state index in [4.69, 9.17) is 4.74 Å². The average Bonchev–Trinajstić information content (AvgIpc) is 3.17. The summed E-state index contributed by atoms with van der Waals surface area (Å²) in [4.78, 5) is 32.5. The van der Waals surface area contributed by atoms with Crippen LogP contribution in [0.5, 0.6) is 0 Å². The molecule has 1 aromatic heterocycles. The van der Waals surface area contributed by atoms with Gasteiger partial charge < -0.3 is 14.2 Å². The van der Waals surface area contributed by atoms with Crippen LogP contribution in [0.15, 0.2) is 65.7 Å². The Hall–Kier alpha value is -3.45. The molecule has 4 aromatic rings. The van der Waals surface area contributed by atoms with E-state index in [1.165, 1.54) is 11.3 Å². The standard InChI is InChI=1S/C26H27N3O3S/c1-4-28(5-2)20-14-11-19(12-15-20)25(31)27-26-29(17-23(30)32-6-3)22-16-13-18-9-7-8-10-21(18)24(22)33-26/h7-16H,4-6,17H2,1-3H3. The molecule has 0 saturated carbocycles. The Balaban J connectivity index is 1.80. The van der Waals surface area contributed by atoms with Gasteiger partial charge in [-0.1, -0.05) is 41.7 Å². The molecule has 1 heterocycles. The maximum absolute atomic E-state index is 13.0. The van der Waals surface area contributed by atoms with E-state index in [-0.39, 0.29) is 18.4 Å². The van der Waals surface area contributed by atoms with Crippen molar-refractivity contribution in [2.75, 3.05) is 24.6 Å². The zero-order chi connectivity index (χ0) is 23.4. The fourth-order valence-electron chi connectivity index (χ4n) is 3.93. The zero-order valence-electron chi connectivity index (χ0n) is 19.1. The Morgan fingerprint density at radius 3 is 2.39 bits per heavy atom. The molecule has 0 aliphatic carbocycles. The van der Waals surface area contributed by atoms with Crippen molar-refractivity contribution in [3.05, 3.63) is 71.0 Å². The summed E-state index contributed by atoms with van der Waals surface area (Å²) in [5.41, 5.74) is 2.44. The lowest BCUT2D eigenvalue weighted by Crippen LogP contribution is -2.23. The van der Waals surface area contributed by atoms with Gasteiger partial charge in [-0.3, -0.25) is 9.59 Å². The Morgan fingerprint density at radius 1 is 0.970 bits per heavy atom. The van der Waals surface area contributed by atoms with Gasteiger partial charge in [0.1, 0.15) is 6.54 Å². The minimum atomic E-state index is -0.358. The van der Waals surface area contributed by atoms with E-state index in [1.807, 2.05) is 48.5 Å². The predicted molar refractivity (Wildman–Crippen MR) is 134 cm³/mol. The summed E-state index contributed by atoms with van der Waals surface area (Å²) in [6, 6.07) is 19.5. The average molecular weight is 462 g/mol. The number of fused-ring (bicyclic) bond motifs is 3. The van der Waals surface area contributed by atoms with E-state index in [2.05, 4.69) is 23.7 Å². The first-order chi connectivity index (χ1) is 16.0. The fourth-order valence-corrected chi connectivity index (χ4v) is 5.09. The molecule has 4 rings (SSSR count). The van der Waals surface area contributed by atoms with Gasteiger partial charge in [0, 0.05) is 29.7 Å². The molecular weight excluding hydrogens is 434 g/mol. The number of ether oxygens (including phenoxy) is 1. The van der Waals surface area contributed by atoms with E-state index >= 15 is 0 Å². The second-order valence-electron chi connectivity index (χ2n) is 7.55. The Kier molecular flexibility index (Phi) is 6.89. The normalized spacial score (nSPS) is 11.8. The third-order valence-corrected chi connectivity index (χ3v) is 6.73. The molecule has 170 valence electrons. The van der Waals surface area contributed by atoms with Gasteiger partial charge in [-0.25, -0.2) is 0 Å². The number of carbonyl (C=O) groups is 2. The number of amides is 1. The number of rotatable bonds is 7. The van der Waals surface area contributed by atoms with Crippen molar-refractivity contribution in [2.45, 2.75) is 27.3 Å². The van der Waals surface area contributed by atoms with Crippen LogP contribution in [0.3, 0.4) is 0 Å². The van der Waals surface area contributed by atoms with Gasteiger partial charge in [-0.05, 0) is 56.5 Å². The van der Waals surface area contributed by atoms with Crippen molar-refractivity contribution in [3.63, 3.8) is 0 Å². The van der Waals surface area contributed by atoms with Crippen molar-refractivity contribution in [2.24, 2.45) is 4.99 Å². The largest absolute Gasteiger partial charge is 0.465 e. The minimum Gasteiger partial charge on any atom is -0.465 e. The first-order valence-corrected chi connectivity index (χ1v) is 12.0. The van der Waals surface area contributed by atoms with Crippen molar-refractivity contribution >= 4 is 49.9 Å². The van der Waals surface area contributed by atoms with Gasteiger partial charge in [-0.15, -0.1) is 0 Å². The summed E-state index contributed by atoms with van der Waals surface area (Å²) in [6.07, 6.45) is 0. The van der Waals surface area contributed by atoms with Crippen molar-refractivity contribution < 1.29 is 14.3 Å². The maximum atomic E-state index is 13.0. The number of nitrogens with zero attached hydrogens (tertiary/aromatic N) is 3. The van der Waals surface area contributed by atoms with Gasteiger partial charge in [0.2, 0.25) is 0 Å². The SMILES string of the molecule is CCOC(=O)Cn1c(=NC(=O)c2ccc(N(CC)CC)cc2)sc2c3ccccc3ccc21. The van der Waals surface area contributed by atoms with E-state index < -0.39 is 0 Å². The lowest BCUT2D eigenvalue weighted by molar-refractivity contribution is -0.143. The van der Waals surface area contributed by atoms with Crippen LogP contribution in [0.25, 0.3) is 21.0 Å². The van der Waals surface area contributed by atoms with Gasteiger partial charge in [0.25, 0.3) is 5.91 Å². The monoisotopic (exact) mass is 461 g/mol. The molecular formula is C26H27N3O3S. The van der Waals surface area contributed by atoms with Crippen LogP contribution in [-0.2, 0) is 16.1 Å². The molecule has 1 amide bonds. The number of anilines is 1. The highest BCUT2D eigenvalue weighted by Gasteiger charge is 2.15. The first kappa shape index (κ1) is 22.7. The molecule has 0 atom stereocenters. The summed E-state index contributed by atoms with van der Waals surface area (Å²) in [6.45, 7) is 8.08. The van der Waals surface area contributed by atoms with Crippen LogP contribution in [-0.4, -0.2) is 36.1 Å². The first-order valence-electron chi connectivity index (χ1n) is 11.2. The number of carbonyl (C=O) groups excluding carboxylic acids is 2. The highest BCUT2D eigenvalue weighted by molar-refractivity contribution is 7.17. The number of benzene rings is 3. The van der Waals surface area contributed by atoms with Crippen LogP contribution >= 0.6 is 11.3 Å². The van der Waals surface area contributed by atoms with E-state index in [0.29, 0.717) is 17.0 Å². The van der Waals surface area contributed by atoms with Crippen LogP contribution in [0.4, 0.5) is 5.69 Å². The molecule has 0 N–H and O–H groups in total. The third kappa shape index (κ3) is 4.68. The van der Waals surface area contributed by atoms with Gasteiger partial charge in [0.05, 0.1) is 16.8 Å². The summed E-state index contributed by atoms with van der Waals surface area (Å²) < 4.78 is 7.92. The molecule has 3 aromatic carbocycles. The summed E-state index contributed by atoms with van der Waals surface area (Å²) >= 11 is 1.41. The highest BCUT2D eigenvalue weighted by Crippen LogP contribution is 2.27. The van der Waals surface area contributed by atoms with Gasteiger partial charge >= 0.3 is 5.97 Å². The Labute approximate surface area is 196 Å². The molecule has 0 aliphatic rings. The number of esters is 1. The fraction of sp³-hybridized carbons (Fsp3) is 0.269. The predicted octanol–water partition coefficient (Wildman–Crippen LogP) is 5.01. The molecule has 6 nitrogen and oxygen atoms in total. The topological polar surface area (TPSA) is 63.9 Å². The number of aromatic nitrogens is 1. The molecule has 0 fully saturated rings. The van der Waals surface area contributed by atoms with Crippen LogP contribution < -0.4 is 9.70 Å². The lowest BCUT2D eigenvalue weighted by Gasteiger charge is -2.20. The third-order valence-electron chi connectivity index (χ3n) is 5.61. The van der Waals surface area contributed by atoms with Gasteiger partial charge in [-0.2, -0.15) is 4.99 Å². The number of hydrogen-bond donors (Lipinski definition) is 0. The summed E-state index contributed by atoms with van der Waals surface area (Å²) in [7, 11) is 0. The molecule has 33 heavy (non-hydrogen) atoms. The second kappa shape index (κ2) is 10.0. The van der Waals surface area contributed by atoms with E-state index in [9.17, 15) is 9.59 Å². The minimum absolute atomic E-state index is 0.000802. The quantitative estimate of drug-likeness (QED) is 0.363. The van der Waals surface area contributed by atoms with Crippen LogP contribution in [0.1, 0.15) is 31.1 Å². The number of thiazole rings is 1. The molecule has 0 spiro atoms. The van der Waals surface area contributed by atoms with Crippen molar-refractivity contribution in [3.8, 4) is 0 Å².